The van der Waals surface area contributed by atoms with Crippen molar-refractivity contribution in [2.24, 2.45) is 0 Å². The van der Waals surface area contributed by atoms with Crippen molar-refractivity contribution in [2.45, 2.75) is 26.9 Å². The molecule has 1 unspecified atom stereocenters. The molecule has 7 heteroatoms. The fourth-order valence-electron chi connectivity index (χ4n) is 3.69. The molecule has 1 saturated heterocycles. The summed E-state index contributed by atoms with van der Waals surface area (Å²) in [6.45, 7) is 8.71. The molecule has 1 fully saturated rings. The van der Waals surface area contributed by atoms with E-state index in [4.69, 9.17) is 9.47 Å². The molecule has 0 radical (unpaired) electrons. The van der Waals surface area contributed by atoms with Crippen LogP contribution in [0.25, 0.3) is 10.9 Å². The minimum atomic E-state index is -0.920. The number of esters is 1. The van der Waals surface area contributed by atoms with E-state index in [1.165, 1.54) is 0 Å². The normalized spacial score (nSPS) is 15.0. The number of aryl methyl sites for hydroxylation is 2. The quantitative estimate of drug-likeness (QED) is 0.612. The van der Waals surface area contributed by atoms with Crippen LogP contribution < -0.4 is 10.2 Å². The number of aromatic amines is 1. The van der Waals surface area contributed by atoms with E-state index in [1.54, 1.807) is 19.1 Å². The standard InChI is InChI=1S/C24H27N3O4/c1-15-16(2)25-22-9-4-18(14-21(15)22)24(29)31-17(3)23(28)26-19-5-7-20(8-6-19)27-10-12-30-13-11-27/h4-9,14,17,25H,10-13H2,1-3H3,(H,26,28). The number of ether oxygens (including phenoxy) is 2. The van der Waals surface area contributed by atoms with Crippen LogP contribution in [0.2, 0.25) is 0 Å². The fraction of sp³-hybridized carbons (Fsp3) is 0.333. The average molecular weight is 421 g/mol. The van der Waals surface area contributed by atoms with Gasteiger partial charge in [-0.15, -0.1) is 0 Å². The summed E-state index contributed by atoms with van der Waals surface area (Å²) in [5.74, 6) is -0.896. The number of carbonyl (C=O) groups excluding carboxylic acids is 2. The third kappa shape index (κ3) is 4.56. The SMILES string of the molecule is Cc1[nH]c2ccc(C(=O)OC(C)C(=O)Nc3ccc(N4CCOCC4)cc3)cc2c1C. The molecule has 1 atom stereocenters. The molecule has 2 aromatic carbocycles. The average Bonchev–Trinajstić information content (AvgIpc) is 3.07. The molecule has 0 saturated carbocycles. The summed E-state index contributed by atoms with van der Waals surface area (Å²) in [6, 6.07) is 13.0. The number of benzene rings is 2. The van der Waals surface area contributed by atoms with Crippen molar-refractivity contribution in [3.63, 3.8) is 0 Å². The second-order valence-corrected chi connectivity index (χ2v) is 7.82. The molecule has 1 amide bonds. The summed E-state index contributed by atoms with van der Waals surface area (Å²) < 4.78 is 10.8. The van der Waals surface area contributed by atoms with Crippen molar-refractivity contribution in [1.82, 2.24) is 4.98 Å². The molecule has 1 aliphatic rings. The first-order valence-electron chi connectivity index (χ1n) is 10.5. The lowest BCUT2D eigenvalue weighted by molar-refractivity contribution is -0.123. The van der Waals surface area contributed by atoms with E-state index >= 15 is 0 Å². The number of hydrogen-bond acceptors (Lipinski definition) is 5. The zero-order chi connectivity index (χ0) is 22.0. The highest BCUT2D eigenvalue weighted by molar-refractivity contribution is 5.99. The van der Waals surface area contributed by atoms with Gasteiger partial charge in [-0.3, -0.25) is 4.79 Å². The molecule has 1 aromatic heterocycles. The number of amides is 1. The summed E-state index contributed by atoms with van der Waals surface area (Å²) in [5, 5.41) is 3.78. The topological polar surface area (TPSA) is 83.7 Å². The van der Waals surface area contributed by atoms with Gasteiger partial charge in [0.25, 0.3) is 5.91 Å². The number of aromatic nitrogens is 1. The van der Waals surface area contributed by atoms with Crippen molar-refractivity contribution < 1.29 is 19.1 Å². The number of hydrogen-bond donors (Lipinski definition) is 2. The first-order chi connectivity index (χ1) is 14.9. The highest BCUT2D eigenvalue weighted by atomic mass is 16.5. The Bertz CT molecular complexity index is 1100. The van der Waals surface area contributed by atoms with Gasteiger partial charge in [0.15, 0.2) is 6.10 Å². The number of nitrogens with zero attached hydrogens (tertiary/aromatic N) is 1. The van der Waals surface area contributed by atoms with Gasteiger partial charge in [0, 0.05) is 41.1 Å². The minimum Gasteiger partial charge on any atom is -0.449 e. The summed E-state index contributed by atoms with van der Waals surface area (Å²) >= 11 is 0. The van der Waals surface area contributed by atoms with Gasteiger partial charge in [-0.05, 0) is 68.8 Å². The number of carbonyl (C=O) groups is 2. The van der Waals surface area contributed by atoms with Crippen LogP contribution in [0.3, 0.4) is 0 Å². The number of fused-ring (bicyclic) bond motifs is 1. The van der Waals surface area contributed by atoms with Crippen LogP contribution in [0.15, 0.2) is 42.5 Å². The lowest BCUT2D eigenvalue weighted by atomic mass is 10.1. The van der Waals surface area contributed by atoms with Crippen LogP contribution in [0.1, 0.15) is 28.5 Å². The molecule has 0 aliphatic carbocycles. The van der Waals surface area contributed by atoms with Crippen LogP contribution >= 0.6 is 0 Å². The molecule has 7 nitrogen and oxygen atoms in total. The first kappa shape index (κ1) is 20.9. The van der Waals surface area contributed by atoms with E-state index in [1.807, 2.05) is 44.2 Å². The van der Waals surface area contributed by atoms with Gasteiger partial charge in [0.05, 0.1) is 18.8 Å². The highest BCUT2D eigenvalue weighted by Crippen LogP contribution is 2.23. The summed E-state index contributed by atoms with van der Waals surface area (Å²) in [6.07, 6.45) is -0.920. The Morgan fingerprint density at radius 2 is 1.81 bits per heavy atom. The third-order valence-electron chi connectivity index (χ3n) is 5.71. The van der Waals surface area contributed by atoms with Gasteiger partial charge < -0.3 is 24.7 Å². The van der Waals surface area contributed by atoms with E-state index < -0.39 is 12.1 Å². The molecular weight excluding hydrogens is 394 g/mol. The van der Waals surface area contributed by atoms with Gasteiger partial charge >= 0.3 is 5.97 Å². The maximum Gasteiger partial charge on any atom is 0.338 e. The van der Waals surface area contributed by atoms with Crippen LogP contribution in [0, 0.1) is 13.8 Å². The Kier molecular flexibility index (Phi) is 5.95. The van der Waals surface area contributed by atoms with E-state index in [2.05, 4.69) is 15.2 Å². The largest absolute Gasteiger partial charge is 0.449 e. The number of morpholine rings is 1. The molecular formula is C24H27N3O4. The number of H-pyrrole nitrogens is 1. The van der Waals surface area contributed by atoms with E-state index in [0.717, 1.165) is 54.2 Å². The van der Waals surface area contributed by atoms with Gasteiger partial charge in [-0.1, -0.05) is 0 Å². The van der Waals surface area contributed by atoms with Crippen LogP contribution in [-0.2, 0) is 14.3 Å². The van der Waals surface area contributed by atoms with Gasteiger partial charge in [0.1, 0.15) is 0 Å². The highest BCUT2D eigenvalue weighted by Gasteiger charge is 2.20. The summed E-state index contributed by atoms with van der Waals surface area (Å²) in [7, 11) is 0. The molecule has 0 spiro atoms. The molecule has 2 heterocycles. The zero-order valence-corrected chi connectivity index (χ0v) is 18.0. The zero-order valence-electron chi connectivity index (χ0n) is 18.0. The lowest BCUT2D eigenvalue weighted by Crippen LogP contribution is -2.36. The summed E-state index contributed by atoms with van der Waals surface area (Å²) in [5.41, 5.74) is 5.29. The Hall–Kier alpha value is -3.32. The second-order valence-electron chi connectivity index (χ2n) is 7.82. The van der Waals surface area contributed by atoms with Crippen molar-refractivity contribution in [3.05, 3.63) is 59.3 Å². The lowest BCUT2D eigenvalue weighted by Gasteiger charge is -2.28. The third-order valence-corrected chi connectivity index (χ3v) is 5.71. The fourth-order valence-corrected chi connectivity index (χ4v) is 3.69. The van der Waals surface area contributed by atoms with Crippen LogP contribution in [-0.4, -0.2) is 49.3 Å². The van der Waals surface area contributed by atoms with Crippen molar-refractivity contribution in [1.29, 1.82) is 0 Å². The van der Waals surface area contributed by atoms with E-state index in [9.17, 15) is 9.59 Å². The minimum absolute atomic E-state index is 0.373. The maximum absolute atomic E-state index is 12.6. The Labute approximate surface area is 181 Å². The molecule has 31 heavy (non-hydrogen) atoms. The van der Waals surface area contributed by atoms with Gasteiger partial charge in [0.2, 0.25) is 0 Å². The Balaban J connectivity index is 1.37. The van der Waals surface area contributed by atoms with E-state index in [-0.39, 0.29) is 5.91 Å². The van der Waals surface area contributed by atoms with Gasteiger partial charge in [-0.25, -0.2) is 4.79 Å². The summed E-state index contributed by atoms with van der Waals surface area (Å²) in [4.78, 5) is 30.6. The van der Waals surface area contributed by atoms with Crippen LogP contribution in [0.4, 0.5) is 11.4 Å². The van der Waals surface area contributed by atoms with Crippen molar-refractivity contribution in [2.75, 3.05) is 36.5 Å². The predicted molar refractivity (Wildman–Crippen MR) is 121 cm³/mol. The maximum atomic E-state index is 12.6. The number of anilines is 2. The van der Waals surface area contributed by atoms with Gasteiger partial charge in [-0.2, -0.15) is 0 Å². The number of nitrogens with one attached hydrogen (secondary N) is 2. The van der Waals surface area contributed by atoms with Crippen LogP contribution in [0.5, 0.6) is 0 Å². The monoisotopic (exact) mass is 421 g/mol. The second kappa shape index (κ2) is 8.81. The molecule has 0 bridgehead atoms. The first-order valence-corrected chi connectivity index (χ1v) is 10.5. The van der Waals surface area contributed by atoms with Crippen molar-refractivity contribution >= 4 is 34.2 Å². The smallest absolute Gasteiger partial charge is 0.338 e. The Morgan fingerprint density at radius 1 is 1.10 bits per heavy atom. The molecule has 1 aliphatic heterocycles. The molecule has 3 aromatic rings. The molecule has 4 rings (SSSR count). The predicted octanol–water partition coefficient (Wildman–Crippen LogP) is 3.81. The molecule has 162 valence electrons. The van der Waals surface area contributed by atoms with Crippen molar-refractivity contribution in [3.8, 4) is 0 Å². The van der Waals surface area contributed by atoms with E-state index in [0.29, 0.717) is 11.3 Å². The Morgan fingerprint density at radius 3 is 2.52 bits per heavy atom. The number of rotatable bonds is 5. The molecule has 2 N–H and O–H groups in total.